The van der Waals surface area contributed by atoms with E-state index in [9.17, 15) is 9.59 Å². The van der Waals surface area contributed by atoms with Crippen LogP contribution in [0.25, 0.3) is 0 Å². The molecule has 130 valence electrons. The van der Waals surface area contributed by atoms with Gasteiger partial charge >= 0.3 is 5.97 Å². The lowest BCUT2D eigenvalue weighted by Crippen LogP contribution is -2.51. The van der Waals surface area contributed by atoms with E-state index < -0.39 is 11.6 Å². The number of esters is 1. The smallest absolute Gasteiger partial charge is 0.339 e. The van der Waals surface area contributed by atoms with Crippen LogP contribution >= 0.6 is 23.2 Å². The van der Waals surface area contributed by atoms with Gasteiger partial charge in [-0.1, -0.05) is 53.5 Å². The Balaban J connectivity index is 1.83. The monoisotopic (exact) mass is 377 g/mol. The van der Waals surface area contributed by atoms with Gasteiger partial charge in [-0.3, -0.25) is 4.79 Å². The summed E-state index contributed by atoms with van der Waals surface area (Å²) < 4.78 is 5.49. The van der Waals surface area contributed by atoms with Gasteiger partial charge in [-0.25, -0.2) is 4.79 Å². The molecule has 0 unspecified atom stereocenters. The molecule has 2 aromatic rings. The lowest BCUT2D eigenvalue weighted by atomic mass is 9.89. The molecule has 0 aliphatic carbocycles. The number of cyclic esters (lactones) is 1. The largest absolute Gasteiger partial charge is 0.445 e. The first kappa shape index (κ1) is 17.8. The highest BCUT2D eigenvalue weighted by molar-refractivity contribution is 6.42. The second-order valence-electron chi connectivity index (χ2n) is 6.33. The van der Waals surface area contributed by atoms with Crippen LogP contribution in [0.5, 0.6) is 0 Å². The van der Waals surface area contributed by atoms with Crippen molar-refractivity contribution in [3.05, 3.63) is 69.2 Å². The number of fused-ring (bicyclic) bond motifs is 1. The predicted octanol–water partition coefficient (Wildman–Crippen LogP) is 4.12. The fourth-order valence-electron chi connectivity index (χ4n) is 3.05. The second-order valence-corrected chi connectivity index (χ2v) is 7.11. The highest BCUT2D eigenvalue weighted by Gasteiger charge is 2.44. The number of hydrogen-bond acceptors (Lipinski definition) is 3. The molecule has 1 aliphatic heterocycles. The second kappa shape index (κ2) is 6.70. The molecule has 0 saturated heterocycles. The number of benzene rings is 2. The van der Waals surface area contributed by atoms with Crippen LogP contribution in [-0.4, -0.2) is 29.4 Å². The van der Waals surface area contributed by atoms with E-state index >= 15 is 0 Å². The maximum atomic E-state index is 12.9. The quantitative estimate of drug-likeness (QED) is 0.755. The SMILES string of the molecule is CN(Cc1cccc(Cl)c1Cl)C(=O)[C@@]1(C)Cc2ccccc2C(=O)O1. The normalized spacial score (nSPS) is 19.1. The van der Waals surface area contributed by atoms with Gasteiger partial charge in [0.1, 0.15) is 0 Å². The number of amides is 1. The minimum Gasteiger partial charge on any atom is -0.445 e. The van der Waals surface area contributed by atoms with Crippen molar-refractivity contribution in [2.45, 2.75) is 25.5 Å². The summed E-state index contributed by atoms with van der Waals surface area (Å²) in [7, 11) is 1.65. The molecule has 0 radical (unpaired) electrons. The zero-order chi connectivity index (χ0) is 18.2. The molecule has 2 aromatic carbocycles. The Hall–Kier alpha value is -2.04. The van der Waals surface area contributed by atoms with Crippen LogP contribution in [0.15, 0.2) is 42.5 Å². The molecule has 1 amide bonds. The van der Waals surface area contributed by atoms with Gasteiger partial charge in [-0.05, 0) is 30.2 Å². The third-order valence-corrected chi connectivity index (χ3v) is 5.18. The Bertz CT molecular complexity index is 852. The molecular formula is C19H17Cl2NO3. The number of likely N-dealkylation sites (N-methyl/N-ethyl adjacent to an activating group) is 1. The molecule has 0 fully saturated rings. The van der Waals surface area contributed by atoms with E-state index in [0.29, 0.717) is 22.0 Å². The number of nitrogens with zero attached hydrogens (tertiary/aromatic N) is 1. The van der Waals surface area contributed by atoms with Crippen molar-refractivity contribution >= 4 is 35.1 Å². The zero-order valence-electron chi connectivity index (χ0n) is 13.9. The van der Waals surface area contributed by atoms with Gasteiger partial charge in [-0.15, -0.1) is 0 Å². The Morgan fingerprint density at radius 2 is 1.92 bits per heavy atom. The minimum absolute atomic E-state index is 0.271. The molecule has 25 heavy (non-hydrogen) atoms. The average molecular weight is 378 g/mol. The summed E-state index contributed by atoms with van der Waals surface area (Å²) in [6, 6.07) is 12.4. The summed E-state index contributed by atoms with van der Waals surface area (Å²) in [5.74, 6) is -0.765. The first-order chi connectivity index (χ1) is 11.8. The number of carbonyl (C=O) groups is 2. The van der Waals surface area contributed by atoms with E-state index in [1.54, 1.807) is 38.2 Å². The van der Waals surface area contributed by atoms with Crippen molar-refractivity contribution < 1.29 is 14.3 Å². The number of carbonyl (C=O) groups excluding carboxylic acids is 2. The maximum Gasteiger partial charge on any atom is 0.339 e. The van der Waals surface area contributed by atoms with Crippen molar-refractivity contribution in [3.63, 3.8) is 0 Å². The number of ether oxygens (including phenoxy) is 1. The molecule has 0 spiro atoms. The van der Waals surface area contributed by atoms with E-state index in [2.05, 4.69) is 0 Å². The molecule has 1 heterocycles. The van der Waals surface area contributed by atoms with E-state index in [4.69, 9.17) is 27.9 Å². The van der Waals surface area contributed by atoms with Crippen molar-refractivity contribution in [1.29, 1.82) is 0 Å². The van der Waals surface area contributed by atoms with Crippen LogP contribution < -0.4 is 0 Å². The average Bonchev–Trinajstić information content (AvgIpc) is 2.58. The number of hydrogen-bond donors (Lipinski definition) is 0. The fourth-order valence-corrected chi connectivity index (χ4v) is 3.43. The van der Waals surface area contributed by atoms with Gasteiger partial charge in [0, 0.05) is 20.0 Å². The van der Waals surface area contributed by atoms with Gasteiger partial charge in [-0.2, -0.15) is 0 Å². The van der Waals surface area contributed by atoms with Gasteiger partial charge in [0.15, 0.2) is 5.60 Å². The zero-order valence-corrected chi connectivity index (χ0v) is 15.4. The van der Waals surface area contributed by atoms with Crippen molar-refractivity contribution in [2.75, 3.05) is 7.05 Å². The maximum absolute atomic E-state index is 12.9. The Morgan fingerprint density at radius 3 is 2.68 bits per heavy atom. The molecule has 0 N–H and O–H groups in total. The molecule has 6 heteroatoms. The molecule has 4 nitrogen and oxygen atoms in total. The van der Waals surface area contributed by atoms with E-state index in [1.165, 1.54) is 4.90 Å². The first-order valence-electron chi connectivity index (χ1n) is 7.81. The Kier molecular flexibility index (Phi) is 4.76. The molecular weight excluding hydrogens is 361 g/mol. The lowest BCUT2D eigenvalue weighted by Gasteiger charge is -2.36. The van der Waals surface area contributed by atoms with Crippen LogP contribution in [0.4, 0.5) is 0 Å². The van der Waals surface area contributed by atoms with Crippen molar-refractivity contribution in [3.8, 4) is 0 Å². The van der Waals surface area contributed by atoms with Crippen LogP contribution in [-0.2, 0) is 22.5 Å². The molecule has 1 atom stereocenters. The molecule has 0 aromatic heterocycles. The van der Waals surface area contributed by atoms with Crippen LogP contribution in [0, 0.1) is 0 Å². The van der Waals surface area contributed by atoms with Crippen LogP contribution in [0.3, 0.4) is 0 Å². The standard InChI is InChI=1S/C19H17Cl2NO3/c1-19(10-12-6-3-4-8-14(12)17(23)25-19)18(24)22(2)11-13-7-5-9-15(20)16(13)21/h3-9H,10-11H2,1-2H3/t19-/m1/s1. The highest BCUT2D eigenvalue weighted by atomic mass is 35.5. The highest BCUT2D eigenvalue weighted by Crippen LogP contribution is 2.31. The van der Waals surface area contributed by atoms with Gasteiger partial charge in [0.2, 0.25) is 0 Å². The Morgan fingerprint density at radius 1 is 1.20 bits per heavy atom. The fraction of sp³-hybridized carbons (Fsp3) is 0.263. The first-order valence-corrected chi connectivity index (χ1v) is 8.57. The third-order valence-electron chi connectivity index (χ3n) is 4.32. The predicted molar refractivity (Wildman–Crippen MR) is 96.9 cm³/mol. The summed E-state index contributed by atoms with van der Waals surface area (Å²) in [6.45, 7) is 1.91. The number of rotatable bonds is 3. The number of halogens is 2. The lowest BCUT2D eigenvalue weighted by molar-refractivity contribution is -0.150. The summed E-state index contributed by atoms with van der Waals surface area (Å²) in [5.41, 5.74) is 0.805. The van der Waals surface area contributed by atoms with Gasteiger partial charge in [0.05, 0.1) is 15.6 Å². The van der Waals surface area contributed by atoms with Gasteiger partial charge in [0.25, 0.3) is 5.91 Å². The summed E-state index contributed by atoms with van der Waals surface area (Å²) in [4.78, 5) is 26.7. The topological polar surface area (TPSA) is 46.6 Å². The molecule has 3 rings (SSSR count). The van der Waals surface area contributed by atoms with Crippen molar-refractivity contribution in [1.82, 2.24) is 4.90 Å². The summed E-state index contributed by atoms with van der Waals surface area (Å²) in [6.07, 6.45) is 0.335. The van der Waals surface area contributed by atoms with Crippen LogP contribution in [0.2, 0.25) is 10.0 Å². The summed E-state index contributed by atoms with van der Waals surface area (Å²) in [5, 5.41) is 0.851. The summed E-state index contributed by atoms with van der Waals surface area (Å²) >= 11 is 12.2. The van der Waals surface area contributed by atoms with Gasteiger partial charge < -0.3 is 9.64 Å². The van der Waals surface area contributed by atoms with Crippen molar-refractivity contribution in [2.24, 2.45) is 0 Å². The molecule has 1 aliphatic rings. The third kappa shape index (κ3) is 3.37. The molecule has 0 bridgehead atoms. The Labute approximate surface area is 156 Å². The minimum atomic E-state index is -1.24. The van der Waals surface area contributed by atoms with E-state index in [0.717, 1.165) is 11.1 Å². The van der Waals surface area contributed by atoms with E-state index in [1.807, 2.05) is 18.2 Å². The van der Waals surface area contributed by atoms with Crippen LogP contribution in [0.1, 0.15) is 28.4 Å². The van der Waals surface area contributed by atoms with E-state index in [-0.39, 0.29) is 12.5 Å². The molecule has 0 saturated carbocycles.